The van der Waals surface area contributed by atoms with Crippen LogP contribution in [0.4, 0.5) is 8.78 Å². The average molecular weight is 353 g/mol. The third-order valence-electron chi connectivity index (χ3n) is 3.19. The molecule has 1 amide bonds. The molecule has 0 saturated carbocycles. The van der Waals surface area contributed by atoms with Gasteiger partial charge >= 0.3 is 6.61 Å². The minimum Gasteiger partial charge on any atom is -0.493 e. The fourth-order valence-corrected chi connectivity index (χ4v) is 2.87. The quantitative estimate of drug-likeness (QED) is 0.668. The van der Waals surface area contributed by atoms with E-state index in [4.69, 9.17) is 4.74 Å². The molecule has 0 aliphatic carbocycles. The maximum Gasteiger partial charge on any atom is 0.387 e. The number of methoxy groups -OCH3 is 1. The van der Waals surface area contributed by atoms with Crippen LogP contribution in [0.1, 0.15) is 15.2 Å². The molecule has 0 unspecified atom stereocenters. The van der Waals surface area contributed by atoms with Crippen molar-refractivity contribution < 1.29 is 23.0 Å². The molecule has 7 heteroatoms. The van der Waals surface area contributed by atoms with Crippen LogP contribution in [0.25, 0.3) is 0 Å². The van der Waals surface area contributed by atoms with Crippen LogP contribution in [0.5, 0.6) is 11.5 Å². The highest BCUT2D eigenvalue weighted by Crippen LogP contribution is 2.30. The van der Waals surface area contributed by atoms with E-state index in [2.05, 4.69) is 11.3 Å². The Morgan fingerprint density at radius 1 is 1.38 bits per heavy atom. The zero-order chi connectivity index (χ0) is 17.5. The lowest BCUT2D eigenvalue weighted by atomic mass is 10.1. The van der Waals surface area contributed by atoms with Crippen molar-refractivity contribution in [3.8, 4) is 11.5 Å². The molecule has 4 nitrogen and oxygen atoms in total. The van der Waals surface area contributed by atoms with Crippen molar-refractivity contribution in [1.82, 2.24) is 4.90 Å². The summed E-state index contributed by atoms with van der Waals surface area (Å²) in [6.45, 7) is 1.41. The molecule has 0 N–H and O–H groups in total. The summed E-state index contributed by atoms with van der Waals surface area (Å²) in [7, 11) is 1.34. The summed E-state index contributed by atoms with van der Waals surface area (Å²) in [5.41, 5.74) is 0.241. The molecule has 2 rings (SSSR count). The minimum absolute atomic E-state index is 0.139. The molecule has 0 atom stereocenters. The number of carbonyl (C=O) groups is 1. The van der Waals surface area contributed by atoms with Crippen molar-refractivity contribution in [3.05, 3.63) is 58.8 Å². The summed E-state index contributed by atoms with van der Waals surface area (Å²) in [6, 6.07) is 8.04. The number of hydrogen-bond acceptors (Lipinski definition) is 4. The van der Waals surface area contributed by atoms with Crippen LogP contribution in [0.15, 0.2) is 48.4 Å². The Hall–Kier alpha value is -2.41. The van der Waals surface area contributed by atoms with Crippen LogP contribution in [-0.2, 0) is 6.54 Å². The fraction of sp³-hybridized carbons (Fsp3) is 0.235. The average Bonchev–Trinajstić information content (AvgIpc) is 3.06. The molecule has 0 fully saturated rings. The van der Waals surface area contributed by atoms with E-state index in [1.807, 2.05) is 17.5 Å². The third kappa shape index (κ3) is 4.55. The normalized spacial score (nSPS) is 10.5. The maximum atomic E-state index is 12.7. The Balaban J connectivity index is 2.26. The number of hydrogen-bond donors (Lipinski definition) is 0. The number of rotatable bonds is 8. The van der Waals surface area contributed by atoms with Crippen LogP contribution in [0.2, 0.25) is 0 Å². The van der Waals surface area contributed by atoms with Crippen LogP contribution >= 0.6 is 11.3 Å². The highest BCUT2D eigenvalue weighted by molar-refractivity contribution is 7.09. The molecule has 24 heavy (non-hydrogen) atoms. The third-order valence-corrected chi connectivity index (χ3v) is 4.05. The zero-order valence-electron chi connectivity index (χ0n) is 13.1. The smallest absolute Gasteiger partial charge is 0.387 e. The standard InChI is InChI=1S/C17H17F2NO3S/c1-3-8-20(11-13-5-4-9-24-13)16(21)12-6-7-14(22-2)15(10-12)23-17(18)19/h3-7,9-10,17H,1,8,11H2,2H3. The molecule has 2 aromatic rings. The molecular formula is C17H17F2NO3S. The van der Waals surface area contributed by atoms with E-state index in [0.29, 0.717) is 13.1 Å². The zero-order valence-corrected chi connectivity index (χ0v) is 13.9. The van der Waals surface area contributed by atoms with Gasteiger partial charge in [-0.25, -0.2) is 0 Å². The fourth-order valence-electron chi connectivity index (χ4n) is 2.15. The van der Waals surface area contributed by atoms with E-state index in [-0.39, 0.29) is 23.0 Å². The number of halogens is 2. The Morgan fingerprint density at radius 2 is 2.17 bits per heavy atom. The van der Waals surface area contributed by atoms with Gasteiger partial charge in [0, 0.05) is 17.0 Å². The van der Waals surface area contributed by atoms with E-state index >= 15 is 0 Å². The Labute approximate surface area is 142 Å². The molecule has 0 bridgehead atoms. The number of carbonyl (C=O) groups excluding carboxylic acids is 1. The van der Waals surface area contributed by atoms with Crippen LogP contribution in [-0.4, -0.2) is 31.1 Å². The lowest BCUT2D eigenvalue weighted by molar-refractivity contribution is -0.0512. The summed E-state index contributed by atoms with van der Waals surface area (Å²) in [5.74, 6) is -0.335. The number of ether oxygens (including phenoxy) is 2. The molecule has 1 aromatic heterocycles. The van der Waals surface area contributed by atoms with Crippen molar-refractivity contribution in [2.75, 3.05) is 13.7 Å². The summed E-state index contributed by atoms with van der Waals surface area (Å²) < 4.78 is 34.4. The highest BCUT2D eigenvalue weighted by Gasteiger charge is 2.19. The summed E-state index contributed by atoms with van der Waals surface area (Å²) in [4.78, 5) is 15.3. The SMILES string of the molecule is C=CCN(Cc1cccs1)C(=O)c1ccc(OC)c(OC(F)F)c1. The molecule has 1 heterocycles. The first-order valence-corrected chi connectivity index (χ1v) is 7.98. The van der Waals surface area contributed by atoms with E-state index in [1.165, 1.54) is 36.6 Å². The predicted molar refractivity (Wildman–Crippen MR) is 88.9 cm³/mol. The van der Waals surface area contributed by atoms with Crippen molar-refractivity contribution in [2.45, 2.75) is 13.2 Å². The molecule has 1 aromatic carbocycles. The lowest BCUT2D eigenvalue weighted by Gasteiger charge is -2.21. The Kier molecular flexibility index (Phi) is 6.31. The molecule has 0 aliphatic rings. The van der Waals surface area contributed by atoms with Crippen LogP contribution < -0.4 is 9.47 Å². The van der Waals surface area contributed by atoms with Gasteiger partial charge in [0.2, 0.25) is 0 Å². The topological polar surface area (TPSA) is 38.8 Å². The first-order chi connectivity index (χ1) is 11.5. The second-order valence-corrected chi connectivity index (χ2v) is 5.83. The lowest BCUT2D eigenvalue weighted by Crippen LogP contribution is -2.30. The van der Waals surface area contributed by atoms with Gasteiger partial charge in [0.25, 0.3) is 5.91 Å². The summed E-state index contributed by atoms with van der Waals surface area (Å²) >= 11 is 1.54. The van der Waals surface area contributed by atoms with E-state index in [0.717, 1.165) is 4.88 Å². The number of alkyl halides is 2. The maximum absolute atomic E-state index is 12.7. The second-order valence-electron chi connectivity index (χ2n) is 4.80. The number of amides is 1. The van der Waals surface area contributed by atoms with Gasteiger partial charge in [-0.2, -0.15) is 8.78 Å². The Morgan fingerprint density at radius 3 is 2.75 bits per heavy atom. The number of thiophene rings is 1. The summed E-state index contributed by atoms with van der Waals surface area (Å²) in [5, 5.41) is 1.92. The molecular weight excluding hydrogens is 336 g/mol. The minimum atomic E-state index is -3.00. The van der Waals surface area contributed by atoms with Crippen LogP contribution in [0.3, 0.4) is 0 Å². The number of nitrogens with zero attached hydrogens (tertiary/aromatic N) is 1. The van der Waals surface area contributed by atoms with Gasteiger partial charge in [0.1, 0.15) is 0 Å². The van der Waals surface area contributed by atoms with Crippen molar-refractivity contribution in [1.29, 1.82) is 0 Å². The highest BCUT2D eigenvalue weighted by atomic mass is 32.1. The predicted octanol–water partition coefficient (Wildman–Crippen LogP) is 4.19. The Bertz CT molecular complexity index is 689. The number of benzene rings is 1. The van der Waals surface area contributed by atoms with E-state index in [1.54, 1.807) is 11.0 Å². The van der Waals surface area contributed by atoms with E-state index < -0.39 is 6.61 Å². The second kappa shape index (κ2) is 8.44. The molecule has 0 saturated heterocycles. The molecule has 0 spiro atoms. The van der Waals surface area contributed by atoms with Gasteiger partial charge in [-0.3, -0.25) is 4.79 Å². The largest absolute Gasteiger partial charge is 0.493 e. The molecule has 128 valence electrons. The molecule has 0 radical (unpaired) electrons. The van der Waals surface area contributed by atoms with Crippen molar-refractivity contribution in [2.24, 2.45) is 0 Å². The first kappa shape index (κ1) is 17.9. The van der Waals surface area contributed by atoms with Crippen molar-refractivity contribution >= 4 is 17.2 Å². The van der Waals surface area contributed by atoms with Gasteiger partial charge in [-0.15, -0.1) is 17.9 Å². The van der Waals surface area contributed by atoms with Gasteiger partial charge in [0.05, 0.1) is 13.7 Å². The monoisotopic (exact) mass is 353 g/mol. The van der Waals surface area contributed by atoms with Gasteiger partial charge < -0.3 is 14.4 Å². The first-order valence-electron chi connectivity index (χ1n) is 7.10. The van der Waals surface area contributed by atoms with Gasteiger partial charge in [-0.05, 0) is 29.6 Å². The van der Waals surface area contributed by atoms with E-state index in [9.17, 15) is 13.6 Å². The van der Waals surface area contributed by atoms with Crippen molar-refractivity contribution in [3.63, 3.8) is 0 Å². The van der Waals surface area contributed by atoms with Crippen LogP contribution in [0, 0.1) is 0 Å². The van der Waals surface area contributed by atoms with Gasteiger partial charge in [0.15, 0.2) is 11.5 Å². The summed E-state index contributed by atoms with van der Waals surface area (Å²) in [6.07, 6.45) is 1.62. The molecule has 0 aliphatic heterocycles. The van der Waals surface area contributed by atoms with Gasteiger partial charge in [-0.1, -0.05) is 12.1 Å².